The lowest BCUT2D eigenvalue weighted by atomic mass is 10.1. The molecule has 0 amide bonds. The molecule has 3 atom stereocenters. The highest BCUT2D eigenvalue weighted by Crippen LogP contribution is 2.35. The summed E-state index contributed by atoms with van der Waals surface area (Å²) in [5.74, 6) is 1.81. The number of nitrogens with zero attached hydrogens (tertiary/aromatic N) is 2. The third-order valence-electron chi connectivity index (χ3n) is 4.00. The summed E-state index contributed by atoms with van der Waals surface area (Å²) in [7, 11) is 0. The second kappa shape index (κ2) is 6.35. The fourth-order valence-corrected chi connectivity index (χ4v) is 4.10. The lowest BCUT2D eigenvalue weighted by molar-refractivity contribution is 0.611. The Morgan fingerprint density at radius 1 is 1.16 bits per heavy atom. The Morgan fingerprint density at radius 2 is 1.89 bits per heavy atom. The van der Waals surface area contributed by atoms with Crippen LogP contribution in [0.4, 0.5) is 5.82 Å². The van der Waals surface area contributed by atoms with Crippen LogP contribution >= 0.6 is 23.5 Å². The third-order valence-corrected chi connectivity index (χ3v) is 5.81. The largest absolute Gasteiger partial charge is 0.367 e. The zero-order valence-electron chi connectivity index (χ0n) is 12.4. The van der Waals surface area contributed by atoms with Crippen LogP contribution in [0.25, 0.3) is 0 Å². The average Bonchev–Trinajstić information content (AvgIpc) is 2.74. The molecule has 3 unspecified atom stereocenters. The maximum absolute atomic E-state index is 4.62. The number of anilines is 1. The van der Waals surface area contributed by atoms with Crippen molar-refractivity contribution < 1.29 is 0 Å². The molecule has 1 fully saturated rings. The van der Waals surface area contributed by atoms with Gasteiger partial charge in [-0.2, -0.15) is 11.8 Å². The molecular formula is C14H23N3S2. The Labute approximate surface area is 124 Å². The summed E-state index contributed by atoms with van der Waals surface area (Å²) in [5.41, 5.74) is 2.26. The van der Waals surface area contributed by atoms with Gasteiger partial charge in [-0.15, -0.1) is 0 Å². The topological polar surface area (TPSA) is 37.8 Å². The lowest BCUT2D eigenvalue weighted by Crippen LogP contribution is -2.18. The molecule has 3 nitrogen and oxygen atoms in total. The molecule has 5 heteroatoms. The van der Waals surface area contributed by atoms with Crippen LogP contribution in [0.5, 0.6) is 0 Å². The minimum Gasteiger partial charge on any atom is -0.367 e. The molecule has 1 N–H and O–H groups in total. The summed E-state index contributed by atoms with van der Waals surface area (Å²) in [6, 6.07) is 0.551. The van der Waals surface area contributed by atoms with Crippen molar-refractivity contribution in [2.45, 2.75) is 50.1 Å². The van der Waals surface area contributed by atoms with E-state index >= 15 is 0 Å². The monoisotopic (exact) mass is 297 g/mol. The molecule has 0 saturated heterocycles. The molecule has 0 bridgehead atoms. The normalized spacial score (nSPS) is 26.7. The van der Waals surface area contributed by atoms with Crippen LogP contribution < -0.4 is 5.32 Å². The fraction of sp³-hybridized carbons (Fsp3) is 0.714. The molecule has 1 heterocycles. The van der Waals surface area contributed by atoms with E-state index in [0.29, 0.717) is 6.04 Å². The number of hydrogen-bond donors (Lipinski definition) is 1. The van der Waals surface area contributed by atoms with E-state index in [9.17, 15) is 0 Å². The predicted molar refractivity (Wildman–Crippen MR) is 86.4 cm³/mol. The van der Waals surface area contributed by atoms with E-state index in [-0.39, 0.29) is 0 Å². The fourth-order valence-electron chi connectivity index (χ4n) is 2.68. The highest BCUT2D eigenvalue weighted by atomic mass is 32.2. The quantitative estimate of drug-likeness (QED) is 0.676. The van der Waals surface area contributed by atoms with Crippen molar-refractivity contribution in [2.24, 2.45) is 5.92 Å². The van der Waals surface area contributed by atoms with Crippen molar-refractivity contribution in [3.8, 4) is 0 Å². The smallest absolute Gasteiger partial charge is 0.189 e. The summed E-state index contributed by atoms with van der Waals surface area (Å²) in [6.07, 6.45) is 6.72. The van der Waals surface area contributed by atoms with Crippen LogP contribution in [0.15, 0.2) is 5.16 Å². The van der Waals surface area contributed by atoms with Crippen molar-refractivity contribution >= 4 is 29.3 Å². The molecule has 2 rings (SSSR count). The van der Waals surface area contributed by atoms with Gasteiger partial charge in [0.05, 0.1) is 0 Å². The molecule has 1 aromatic heterocycles. The minimum absolute atomic E-state index is 0.551. The predicted octanol–water partition coefficient (Wildman–Crippen LogP) is 3.76. The van der Waals surface area contributed by atoms with Crippen LogP contribution in [-0.2, 0) is 0 Å². The van der Waals surface area contributed by atoms with Crippen LogP contribution in [0.2, 0.25) is 0 Å². The first-order valence-corrected chi connectivity index (χ1v) is 9.25. The van der Waals surface area contributed by atoms with Gasteiger partial charge in [0.25, 0.3) is 0 Å². The minimum atomic E-state index is 0.551. The van der Waals surface area contributed by atoms with Crippen molar-refractivity contribution in [3.05, 3.63) is 11.3 Å². The van der Waals surface area contributed by atoms with E-state index in [0.717, 1.165) is 27.8 Å². The third kappa shape index (κ3) is 3.37. The maximum Gasteiger partial charge on any atom is 0.189 e. The summed E-state index contributed by atoms with van der Waals surface area (Å²) >= 11 is 3.60. The molecular weight excluding hydrogens is 274 g/mol. The van der Waals surface area contributed by atoms with Gasteiger partial charge >= 0.3 is 0 Å². The van der Waals surface area contributed by atoms with Crippen molar-refractivity contribution in [1.82, 2.24) is 9.97 Å². The first kappa shape index (κ1) is 15.0. The Balaban J connectivity index is 2.13. The highest BCUT2D eigenvalue weighted by molar-refractivity contribution is 7.99. The van der Waals surface area contributed by atoms with Crippen molar-refractivity contribution in [2.75, 3.05) is 17.8 Å². The average molecular weight is 297 g/mol. The molecule has 1 aliphatic rings. The van der Waals surface area contributed by atoms with E-state index in [4.69, 9.17) is 0 Å². The van der Waals surface area contributed by atoms with Gasteiger partial charge in [-0.1, -0.05) is 18.7 Å². The van der Waals surface area contributed by atoms with Crippen LogP contribution in [0.3, 0.4) is 0 Å². The van der Waals surface area contributed by atoms with Crippen LogP contribution in [0, 0.1) is 19.8 Å². The second-order valence-electron chi connectivity index (χ2n) is 5.33. The second-order valence-corrected chi connectivity index (χ2v) is 7.18. The first-order valence-electron chi connectivity index (χ1n) is 6.73. The van der Waals surface area contributed by atoms with Crippen LogP contribution in [-0.4, -0.2) is 33.8 Å². The van der Waals surface area contributed by atoms with Crippen molar-refractivity contribution in [3.63, 3.8) is 0 Å². The first-order chi connectivity index (χ1) is 9.05. The Hall–Kier alpha value is -0.420. The van der Waals surface area contributed by atoms with Gasteiger partial charge in [0.2, 0.25) is 0 Å². The summed E-state index contributed by atoms with van der Waals surface area (Å²) < 4.78 is 0. The summed E-state index contributed by atoms with van der Waals surface area (Å²) in [6.45, 7) is 6.52. The van der Waals surface area contributed by atoms with Gasteiger partial charge in [-0.05, 0) is 45.1 Å². The van der Waals surface area contributed by atoms with Gasteiger partial charge < -0.3 is 5.32 Å². The van der Waals surface area contributed by atoms with Gasteiger partial charge in [0.1, 0.15) is 5.82 Å². The van der Waals surface area contributed by atoms with Gasteiger partial charge in [-0.3, -0.25) is 0 Å². The van der Waals surface area contributed by atoms with E-state index in [1.807, 2.05) is 18.0 Å². The van der Waals surface area contributed by atoms with E-state index in [1.165, 1.54) is 18.4 Å². The molecule has 19 heavy (non-hydrogen) atoms. The zero-order valence-corrected chi connectivity index (χ0v) is 14.0. The Morgan fingerprint density at radius 3 is 2.47 bits per heavy atom. The number of thioether (sulfide) groups is 2. The highest BCUT2D eigenvalue weighted by Gasteiger charge is 2.31. The number of rotatable bonds is 4. The number of aryl methyl sites for hydroxylation is 1. The summed E-state index contributed by atoms with van der Waals surface area (Å²) in [5, 5.41) is 5.28. The lowest BCUT2D eigenvalue weighted by Gasteiger charge is -2.16. The van der Waals surface area contributed by atoms with E-state index in [1.54, 1.807) is 11.8 Å². The van der Waals surface area contributed by atoms with E-state index in [2.05, 4.69) is 42.3 Å². The molecule has 106 valence electrons. The molecule has 1 aromatic rings. The van der Waals surface area contributed by atoms with E-state index < -0.39 is 0 Å². The number of hydrogen-bond acceptors (Lipinski definition) is 5. The van der Waals surface area contributed by atoms with Crippen molar-refractivity contribution in [1.29, 1.82) is 0 Å². The van der Waals surface area contributed by atoms with Gasteiger partial charge in [-0.25, -0.2) is 9.97 Å². The molecule has 0 aromatic carbocycles. The van der Waals surface area contributed by atoms with Gasteiger partial charge in [0, 0.05) is 22.5 Å². The SMILES string of the molecule is CSc1nc(C)c(C)c(NC2CC(C)C(SC)C2)n1. The number of aromatic nitrogens is 2. The zero-order chi connectivity index (χ0) is 14.0. The van der Waals surface area contributed by atoms with Crippen LogP contribution in [0.1, 0.15) is 31.0 Å². The Bertz CT molecular complexity index is 451. The molecule has 1 saturated carbocycles. The summed E-state index contributed by atoms with van der Waals surface area (Å²) in [4.78, 5) is 9.11. The molecule has 0 spiro atoms. The molecule has 0 radical (unpaired) electrons. The molecule has 1 aliphatic carbocycles. The maximum atomic E-state index is 4.62. The number of nitrogens with one attached hydrogen (secondary N) is 1. The van der Waals surface area contributed by atoms with Gasteiger partial charge in [0.15, 0.2) is 5.16 Å². The Kier molecular flexibility index (Phi) is 5.01. The molecule has 0 aliphatic heterocycles. The standard InChI is InChI=1S/C14H23N3S2/c1-8-6-11(7-12(8)18-4)16-13-9(2)10(3)15-14(17-13)19-5/h8,11-12H,6-7H2,1-5H3,(H,15,16,17).